The molecule has 120 valence electrons. The second-order valence-corrected chi connectivity index (χ2v) is 8.31. The fraction of sp³-hybridized carbons (Fsp3) is 1.00. The predicted molar refractivity (Wildman–Crippen MR) is 83.1 cm³/mol. The van der Waals surface area contributed by atoms with Crippen LogP contribution in [0.3, 0.4) is 0 Å². The van der Waals surface area contributed by atoms with Crippen LogP contribution in [0, 0.1) is 17.8 Å². The molecular formula is C18H31NO2. The van der Waals surface area contributed by atoms with Gasteiger partial charge in [0, 0.05) is 19.2 Å². The molecule has 0 aromatic heterocycles. The first-order valence-electron chi connectivity index (χ1n) is 9.25. The number of likely N-dealkylation sites (tertiary alicyclic amines) is 1. The summed E-state index contributed by atoms with van der Waals surface area (Å²) in [6.45, 7) is 5.50. The first kappa shape index (κ1) is 14.5. The molecule has 0 radical (unpaired) electrons. The van der Waals surface area contributed by atoms with Crippen molar-refractivity contribution in [1.29, 1.82) is 0 Å². The van der Waals surface area contributed by atoms with Gasteiger partial charge in [0.2, 0.25) is 0 Å². The van der Waals surface area contributed by atoms with E-state index in [4.69, 9.17) is 4.74 Å². The number of nitrogens with zero attached hydrogens (tertiary/aromatic N) is 1. The molecule has 0 amide bonds. The maximum atomic E-state index is 10.7. The Labute approximate surface area is 129 Å². The average molecular weight is 293 g/mol. The summed E-state index contributed by atoms with van der Waals surface area (Å²) in [6, 6.07) is 0.745. The van der Waals surface area contributed by atoms with Crippen LogP contribution in [0.5, 0.6) is 0 Å². The van der Waals surface area contributed by atoms with Crippen LogP contribution in [0.1, 0.15) is 58.3 Å². The fourth-order valence-corrected chi connectivity index (χ4v) is 6.21. The topological polar surface area (TPSA) is 32.7 Å². The molecule has 0 aromatic rings. The number of ether oxygens (including phenoxy) is 1. The van der Waals surface area contributed by atoms with E-state index in [0.29, 0.717) is 6.10 Å². The van der Waals surface area contributed by atoms with Gasteiger partial charge in [-0.05, 0) is 75.7 Å². The van der Waals surface area contributed by atoms with Crippen LogP contribution in [-0.4, -0.2) is 47.4 Å². The molecule has 3 heteroatoms. The molecule has 1 N–H and O–H groups in total. The fourth-order valence-electron chi connectivity index (χ4n) is 6.21. The molecule has 1 heterocycles. The van der Waals surface area contributed by atoms with Gasteiger partial charge in [0.05, 0.1) is 11.7 Å². The van der Waals surface area contributed by atoms with Crippen molar-refractivity contribution in [3.63, 3.8) is 0 Å². The Hall–Kier alpha value is -0.120. The second-order valence-electron chi connectivity index (χ2n) is 8.31. The third kappa shape index (κ3) is 2.66. The standard InChI is InChI=1S/C18H31NO2/c1-2-6-21-16-4-3-5-19(12-16)17-14-7-13-8-15(17)11-18(20,9-13)10-14/h13-17,20H,2-12H2,1H3. The van der Waals surface area contributed by atoms with Crippen molar-refractivity contribution >= 4 is 0 Å². The first-order chi connectivity index (χ1) is 10.2. The van der Waals surface area contributed by atoms with Gasteiger partial charge in [-0.1, -0.05) is 6.92 Å². The van der Waals surface area contributed by atoms with Gasteiger partial charge in [-0.2, -0.15) is 0 Å². The van der Waals surface area contributed by atoms with E-state index in [0.717, 1.165) is 62.6 Å². The van der Waals surface area contributed by atoms with Gasteiger partial charge < -0.3 is 9.84 Å². The summed E-state index contributed by atoms with van der Waals surface area (Å²) < 4.78 is 6.03. The van der Waals surface area contributed by atoms with Gasteiger partial charge in [-0.3, -0.25) is 4.90 Å². The molecule has 1 aliphatic heterocycles. The molecule has 5 aliphatic rings. The van der Waals surface area contributed by atoms with Gasteiger partial charge >= 0.3 is 0 Å². The number of hydrogen-bond donors (Lipinski definition) is 1. The number of hydrogen-bond acceptors (Lipinski definition) is 3. The lowest BCUT2D eigenvalue weighted by Crippen LogP contribution is -2.63. The molecule has 1 saturated heterocycles. The van der Waals surface area contributed by atoms with Crippen molar-refractivity contribution in [2.24, 2.45) is 17.8 Å². The lowest BCUT2D eigenvalue weighted by molar-refractivity contribution is -0.167. The Morgan fingerprint density at radius 2 is 1.95 bits per heavy atom. The zero-order valence-electron chi connectivity index (χ0n) is 13.5. The monoisotopic (exact) mass is 293 g/mol. The van der Waals surface area contributed by atoms with Crippen LogP contribution in [0.15, 0.2) is 0 Å². The molecule has 0 aromatic carbocycles. The summed E-state index contributed by atoms with van der Waals surface area (Å²) in [5.41, 5.74) is -0.291. The van der Waals surface area contributed by atoms with Crippen molar-refractivity contribution in [2.45, 2.75) is 76.0 Å². The highest BCUT2D eigenvalue weighted by molar-refractivity contribution is 5.08. The van der Waals surface area contributed by atoms with E-state index in [2.05, 4.69) is 11.8 Å². The van der Waals surface area contributed by atoms with Crippen LogP contribution >= 0.6 is 0 Å². The Morgan fingerprint density at radius 3 is 2.62 bits per heavy atom. The highest BCUT2D eigenvalue weighted by Crippen LogP contribution is 2.57. The predicted octanol–water partition coefficient (Wildman–Crippen LogP) is 2.82. The Kier molecular flexibility index (Phi) is 3.79. The summed E-state index contributed by atoms with van der Waals surface area (Å²) in [5, 5.41) is 10.7. The van der Waals surface area contributed by atoms with Gasteiger partial charge in [0.25, 0.3) is 0 Å². The molecule has 5 rings (SSSR count). The van der Waals surface area contributed by atoms with Crippen molar-refractivity contribution < 1.29 is 9.84 Å². The normalized spacial score (nSPS) is 49.7. The maximum Gasteiger partial charge on any atom is 0.0702 e. The lowest BCUT2D eigenvalue weighted by atomic mass is 9.52. The minimum Gasteiger partial charge on any atom is -0.390 e. The van der Waals surface area contributed by atoms with Gasteiger partial charge in [0.15, 0.2) is 0 Å². The van der Waals surface area contributed by atoms with Crippen LogP contribution < -0.4 is 0 Å². The van der Waals surface area contributed by atoms with E-state index in [-0.39, 0.29) is 5.60 Å². The molecule has 5 fully saturated rings. The summed E-state index contributed by atoms with van der Waals surface area (Å²) >= 11 is 0. The van der Waals surface area contributed by atoms with Gasteiger partial charge in [0.1, 0.15) is 0 Å². The van der Waals surface area contributed by atoms with Crippen LogP contribution in [0.4, 0.5) is 0 Å². The van der Waals surface area contributed by atoms with Crippen molar-refractivity contribution in [2.75, 3.05) is 19.7 Å². The quantitative estimate of drug-likeness (QED) is 0.865. The summed E-state index contributed by atoms with van der Waals surface area (Å²) in [6.07, 6.45) is 10.1. The zero-order valence-corrected chi connectivity index (χ0v) is 13.5. The highest BCUT2D eigenvalue weighted by Gasteiger charge is 2.56. The second kappa shape index (κ2) is 5.50. The van der Waals surface area contributed by atoms with E-state index in [1.54, 1.807) is 0 Å². The largest absolute Gasteiger partial charge is 0.390 e. The number of piperidine rings is 1. The number of aliphatic hydroxyl groups is 1. The third-order valence-corrected chi connectivity index (χ3v) is 6.58. The molecule has 0 spiro atoms. The van der Waals surface area contributed by atoms with Crippen molar-refractivity contribution in [3.05, 3.63) is 0 Å². The number of rotatable bonds is 4. The summed E-state index contributed by atoms with van der Waals surface area (Å²) in [5.74, 6) is 2.33. The van der Waals surface area contributed by atoms with Gasteiger partial charge in [-0.25, -0.2) is 0 Å². The highest BCUT2D eigenvalue weighted by atomic mass is 16.5. The molecular weight excluding hydrogens is 262 g/mol. The Balaban J connectivity index is 1.44. The minimum atomic E-state index is -0.291. The molecule has 21 heavy (non-hydrogen) atoms. The Morgan fingerprint density at radius 1 is 1.19 bits per heavy atom. The average Bonchev–Trinajstić information content (AvgIpc) is 2.43. The zero-order chi connectivity index (χ0) is 14.4. The molecule has 3 nitrogen and oxygen atoms in total. The maximum absolute atomic E-state index is 10.7. The molecule has 4 saturated carbocycles. The molecule has 4 aliphatic carbocycles. The summed E-state index contributed by atoms with van der Waals surface area (Å²) in [4.78, 5) is 2.75. The van der Waals surface area contributed by atoms with Crippen molar-refractivity contribution in [1.82, 2.24) is 4.90 Å². The van der Waals surface area contributed by atoms with Crippen LogP contribution in [0.25, 0.3) is 0 Å². The van der Waals surface area contributed by atoms with Crippen LogP contribution in [-0.2, 0) is 4.74 Å². The smallest absolute Gasteiger partial charge is 0.0702 e. The van der Waals surface area contributed by atoms with E-state index in [1.165, 1.54) is 32.2 Å². The van der Waals surface area contributed by atoms with Crippen molar-refractivity contribution in [3.8, 4) is 0 Å². The summed E-state index contributed by atoms with van der Waals surface area (Å²) in [7, 11) is 0. The minimum absolute atomic E-state index is 0.291. The van der Waals surface area contributed by atoms with E-state index < -0.39 is 0 Å². The van der Waals surface area contributed by atoms with E-state index >= 15 is 0 Å². The third-order valence-electron chi connectivity index (χ3n) is 6.58. The molecule has 3 unspecified atom stereocenters. The van der Waals surface area contributed by atoms with Gasteiger partial charge in [-0.15, -0.1) is 0 Å². The lowest BCUT2D eigenvalue weighted by Gasteiger charge is -2.61. The SMILES string of the molecule is CCCOC1CCCN(C2C3CC4CC2CC(O)(C4)C3)C1. The Bertz CT molecular complexity index is 369. The van der Waals surface area contributed by atoms with E-state index in [9.17, 15) is 5.11 Å². The molecule has 4 bridgehead atoms. The first-order valence-corrected chi connectivity index (χ1v) is 9.25. The van der Waals surface area contributed by atoms with Crippen LogP contribution in [0.2, 0.25) is 0 Å². The molecule has 3 atom stereocenters. The van der Waals surface area contributed by atoms with E-state index in [1.807, 2.05) is 0 Å².